The van der Waals surface area contributed by atoms with Crippen molar-refractivity contribution in [1.82, 2.24) is 10.2 Å². The molecule has 1 fully saturated rings. The van der Waals surface area contributed by atoms with Crippen molar-refractivity contribution in [3.8, 4) is 5.75 Å². The highest BCUT2D eigenvalue weighted by Crippen LogP contribution is 2.31. The molecule has 0 spiro atoms. The molecule has 0 bridgehead atoms. The Kier molecular flexibility index (Phi) is 6.19. The predicted octanol–water partition coefficient (Wildman–Crippen LogP) is 3.65. The van der Waals surface area contributed by atoms with Crippen LogP contribution < -0.4 is 15.4 Å². The number of ether oxygens (including phenoxy) is 1. The van der Waals surface area contributed by atoms with Crippen LogP contribution in [0.5, 0.6) is 5.75 Å². The third kappa shape index (κ3) is 4.82. The number of carbonyl (C=O) groups excluding carboxylic acids is 2. The fourth-order valence-corrected chi connectivity index (χ4v) is 3.30. The number of nitrogens with zero attached hydrogens (tertiary/aromatic N) is 1. The van der Waals surface area contributed by atoms with Gasteiger partial charge in [0.25, 0.3) is 0 Å². The van der Waals surface area contributed by atoms with Crippen LogP contribution >= 0.6 is 0 Å². The molecule has 0 radical (unpaired) electrons. The van der Waals surface area contributed by atoms with Gasteiger partial charge in [0.1, 0.15) is 5.75 Å². The fraction of sp³-hybridized carbons (Fsp3) is 0.364. The zero-order valence-electron chi connectivity index (χ0n) is 16.4. The summed E-state index contributed by atoms with van der Waals surface area (Å²) in [5.41, 5.74) is 1.35. The number of hydrogen-bond acceptors (Lipinski definition) is 3. The van der Waals surface area contributed by atoms with E-state index in [0.717, 1.165) is 17.0 Å². The first-order valence-electron chi connectivity index (χ1n) is 9.52. The topological polar surface area (TPSA) is 70.7 Å². The lowest BCUT2D eigenvalue weighted by molar-refractivity contribution is -0.132. The molecule has 0 atom stereocenters. The maximum atomic E-state index is 12.7. The zero-order chi connectivity index (χ0) is 20.0. The molecule has 28 heavy (non-hydrogen) atoms. The normalized spacial score (nSPS) is 15.6. The van der Waals surface area contributed by atoms with Crippen molar-refractivity contribution in [2.24, 2.45) is 5.41 Å². The van der Waals surface area contributed by atoms with E-state index in [2.05, 4.69) is 10.6 Å². The van der Waals surface area contributed by atoms with Crippen molar-refractivity contribution in [2.45, 2.75) is 26.3 Å². The molecular weight excluding hydrogens is 354 g/mol. The van der Waals surface area contributed by atoms with Gasteiger partial charge >= 0.3 is 6.03 Å². The van der Waals surface area contributed by atoms with Crippen LogP contribution in [0.1, 0.15) is 25.3 Å². The lowest BCUT2D eigenvalue weighted by Crippen LogP contribution is -2.49. The number of carbonyl (C=O) groups is 2. The number of benzene rings is 2. The van der Waals surface area contributed by atoms with Crippen LogP contribution in [0.25, 0.3) is 0 Å². The molecule has 0 unspecified atom stereocenters. The summed E-state index contributed by atoms with van der Waals surface area (Å²) in [6, 6.07) is 17.0. The zero-order valence-corrected chi connectivity index (χ0v) is 16.4. The molecule has 1 saturated heterocycles. The largest absolute Gasteiger partial charge is 0.497 e. The molecule has 1 aliphatic rings. The minimum atomic E-state index is -0.453. The Labute approximate surface area is 165 Å². The van der Waals surface area contributed by atoms with Gasteiger partial charge < -0.3 is 20.3 Å². The molecule has 2 aromatic rings. The van der Waals surface area contributed by atoms with E-state index < -0.39 is 5.41 Å². The van der Waals surface area contributed by atoms with E-state index in [1.807, 2.05) is 49.4 Å². The lowest BCUT2D eigenvalue weighted by Gasteiger charge is -2.38. The molecule has 0 aromatic heterocycles. The Morgan fingerprint density at radius 1 is 1.04 bits per heavy atom. The van der Waals surface area contributed by atoms with Gasteiger partial charge in [-0.15, -0.1) is 0 Å². The number of piperidine rings is 1. The molecule has 2 N–H and O–H groups in total. The van der Waals surface area contributed by atoms with Crippen molar-refractivity contribution < 1.29 is 14.3 Å². The monoisotopic (exact) mass is 381 g/mol. The second kappa shape index (κ2) is 8.78. The van der Waals surface area contributed by atoms with Gasteiger partial charge in [-0.05, 0) is 42.7 Å². The summed E-state index contributed by atoms with van der Waals surface area (Å²) >= 11 is 0. The molecule has 1 heterocycles. The molecule has 3 rings (SSSR count). The Bertz CT molecular complexity index is 798. The Balaban J connectivity index is 1.49. The summed E-state index contributed by atoms with van der Waals surface area (Å²) in [7, 11) is 1.61. The molecule has 1 aliphatic heterocycles. The van der Waals surface area contributed by atoms with E-state index >= 15 is 0 Å². The van der Waals surface area contributed by atoms with Gasteiger partial charge in [-0.2, -0.15) is 0 Å². The van der Waals surface area contributed by atoms with Crippen LogP contribution in [-0.2, 0) is 11.3 Å². The highest BCUT2D eigenvalue weighted by Gasteiger charge is 2.37. The number of urea groups is 1. The van der Waals surface area contributed by atoms with E-state index in [1.165, 1.54) is 0 Å². The van der Waals surface area contributed by atoms with E-state index in [4.69, 9.17) is 4.74 Å². The standard InChI is InChI=1S/C22H27N3O3/c1-22(20(26)23-16-17-6-4-3-5-7-17)12-14-25(15-13-22)21(27)24-18-8-10-19(28-2)11-9-18/h3-11H,12-16H2,1-2H3,(H,23,26)(H,24,27). The van der Waals surface area contributed by atoms with E-state index in [1.54, 1.807) is 24.1 Å². The molecule has 6 heteroatoms. The average Bonchev–Trinajstić information content (AvgIpc) is 2.73. The van der Waals surface area contributed by atoms with Crippen LogP contribution in [0.4, 0.5) is 10.5 Å². The highest BCUT2D eigenvalue weighted by atomic mass is 16.5. The first kappa shape index (κ1) is 19.7. The van der Waals surface area contributed by atoms with Crippen molar-refractivity contribution in [3.63, 3.8) is 0 Å². The van der Waals surface area contributed by atoms with Crippen LogP contribution in [0.3, 0.4) is 0 Å². The van der Waals surface area contributed by atoms with Gasteiger partial charge in [0.05, 0.1) is 7.11 Å². The Hall–Kier alpha value is -3.02. The second-order valence-corrected chi connectivity index (χ2v) is 7.37. The Morgan fingerprint density at radius 2 is 1.68 bits per heavy atom. The summed E-state index contributed by atoms with van der Waals surface area (Å²) in [5, 5.41) is 5.93. The number of hydrogen-bond donors (Lipinski definition) is 2. The summed E-state index contributed by atoms with van der Waals surface area (Å²) in [6.45, 7) is 3.61. The van der Waals surface area contributed by atoms with Gasteiger partial charge in [0.2, 0.25) is 5.91 Å². The van der Waals surface area contributed by atoms with E-state index in [0.29, 0.717) is 32.5 Å². The molecule has 6 nitrogen and oxygen atoms in total. The molecule has 3 amide bonds. The number of methoxy groups -OCH3 is 1. The number of rotatable bonds is 5. The third-order valence-corrected chi connectivity index (χ3v) is 5.34. The van der Waals surface area contributed by atoms with Crippen LogP contribution in [0.2, 0.25) is 0 Å². The van der Waals surface area contributed by atoms with Crippen molar-refractivity contribution >= 4 is 17.6 Å². The summed E-state index contributed by atoms with van der Waals surface area (Å²) in [4.78, 5) is 26.9. The van der Waals surface area contributed by atoms with Gasteiger partial charge in [-0.25, -0.2) is 4.79 Å². The van der Waals surface area contributed by atoms with Gasteiger partial charge in [0.15, 0.2) is 0 Å². The van der Waals surface area contributed by atoms with Gasteiger partial charge in [-0.1, -0.05) is 37.3 Å². The van der Waals surface area contributed by atoms with E-state index in [9.17, 15) is 9.59 Å². The lowest BCUT2D eigenvalue weighted by atomic mass is 9.79. The minimum Gasteiger partial charge on any atom is -0.497 e. The van der Waals surface area contributed by atoms with Crippen molar-refractivity contribution in [1.29, 1.82) is 0 Å². The first-order chi connectivity index (χ1) is 13.5. The molecule has 2 aromatic carbocycles. The van der Waals surface area contributed by atoms with Crippen molar-refractivity contribution in [3.05, 3.63) is 60.2 Å². The predicted molar refractivity (Wildman–Crippen MR) is 109 cm³/mol. The number of anilines is 1. The number of amides is 3. The smallest absolute Gasteiger partial charge is 0.321 e. The fourth-order valence-electron chi connectivity index (χ4n) is 3.30. The average molecular weight is 381 g/mol. The third-order valence-electron chi connectivity index (χ3n) is 5.34. The SMILES string of the molecule is COc1ccc(NC(=O)N2CCC(C)(C(=O)NCc3ccccc3)CC2)cc1. The van der Waals surface area contributed by atoms with Gasteiger partial charge in [-0.3, -0.25) is 4.79 Å². The quantitative estimate of drug-likeness (QED) is 0.831. The van der Waals surface area contributed by atoms with E-state index in [-0.39, 0.29) is 11.9 Å². The Morgan fingerprint density at radius 3 is 2.29 bits per heavy atom. The maximum Gasteiger partial charge on any atom is 0.321 e. The molecular formula is C22H27N3O3. The van der Waals surface area contributed by atoms with Crippen LogP contribution in [0, 0.1) is 5.41 Å². The summed E-state index contributed by atoms with van der Waals surface area (Å²) in [5.74, 6) is 0.791. The molecule has 0 aliphatic carbocycles. The van der Waals surface area contributed by atoms with Crippen LogP contribution in [0.15, 0.2) is 54.6 Å². The first-order valence-corrected chi connectivity index (χ1v) is 9.52. The number of likely N-dealkylation sites (tertiary alicyclic amines) is 1. The van der Waals surface area contributed by atoms with Crippen LogP contribution in [-0.4, -0.2) is 37.0 Å². The van der Waals surface area contributed by atoms with Crippen molar-refractivity contribution in [2.75, 3.05) is 25.5 Å². The highest BCUT2D eigenvalue weighted by molar-refractivity contribution is 5.90. The summed E-state index contributed by atoms with van der Waals surface area (Å²) in [6.07, 6.45) is 1.29. The summed E-state index contributed by atoms with van der Waals surface area (Å²) < 4.78 is 5.12. The molecule has 148 valence electrons. The van der Waals surface area contributed by atoms with Gasteiger partial charge in [0, 0.05) is 30.7 Å². The molecule has 0 saturated carbocycles. The number of nitrogens with one attached hydrogen (secondary N) is 2. The second-order valence-electron chi connectivity index (χ2n) is 7.37. The maximum absolute atomic E-state index is 12.7. The minimum absolute atomic E-state index is 0.0477.